The molecule has 1 heterocycles. The summed E-state index contributed by atoms with van der Waals surface area (Å²) in [4.78, 5) is 7.13. The first-order valence-electron chi connectivity index (χ1n) is 10.7. The van der Waals surface area contributed by atoms with Gasteiger partial charge in [0.2, 0.25) is 0 Å². The van der Waals surface area contributed by atoms with E-state index in [0.29, 0.717) is 0 Å². The minimum atomic E-state index is 0.722. The van der Waals surface area contributed by atoms with Crippen molar-refractivity contribution in [2.45, 2.75) is 38.8 Å². The van der Waals surface area contributed by atoms with E-state index in [1.807, 2.05) is 18.3 Å². The summed E-state index contributed by atoms with van der Waals surface area (Å²) in [5.74, 6) is 1.47. The molecule has 0 spiro atoms. The van der Waals surface area contributed by atoms with Gasteiger partial charge in [-0.05, 0) is 79.5 Å². The maximum Gasteiger partial charge on any atom is 0.0705 e. The molecule has 152 valence electrons. The highest BCUT2D eigenvalue weighted by Crippen LogP contribution is 2.30. The molecule has 0 atom stereocenters. The van der Waals surface area contributed by atoms with Crippen LogP contribution in [0.2, 0.25) is 5.02 Å². The Balaban J connectivity index is 1.53. The smallest absolute Gasteiger partial charge is 0.0705 e. The van der Waals surface area contributed by atoms with Gasteiger partial charge in [0.1, 0.15) is 0 Å². The summed E-state index contributed by atoms with van der Waals surface area (Å²) in [5, 5.41) is 2.04. The molecule has 3 nitrogen and oxygen atoms in total. The molecule has 1 fully saturated rings. The number of rotatable bonds is 7. The van der Waals surface area contributed by atoms with Crippen molar-refractivity contribution in [1.82, 2.24) is 9.88 Å². The average molecular weight is 408 g/mol. The highest BCUT2D eigenvalue weighted by atomic mass is 35.5. The molecule has 1 aromatic heterocycles. The Morgan fingerprint density at radius 2 is 1.62 bits per heavy atom. The SMILES string of the molecule is NCC1CCC(CN(Cc2ccc(Cl)cc2)Cc2ccnc3ccccc23)CC1. The number of halogens is 1. The Bertz CT molecular complexity index is 912. The van der Waals surface area contributed by atoms with E-state index >= 15 is 0 Å². The quantitative estimate of drug-likeness (QED) is 0.549. The van der Waals surface area contributed by atoms with E-state index < -0.39 is 0 Å². The predicted molar refractivity (Wildman–Crippen MR) is 122 cm³/mol. The largest absolute Gasteiger partial charge is 0.330 e. The third-order valence-corrected chi connectivity index (χ3v) is 6.52. The van der Waals surface area contributed by atoms with Crippen molar-refractivity contribution in [1.29, 1.82) is 0 Å². The number of pyridine rings is 1. The number of nitrogens with zero attached hydrogens (tertiary/aromatic N) is 2. The molecule has 2 aromatic carbocycles. The van der Waals surface area contributed by atoms with Crippen molar-refractivity contribution in [3.05, 3.63) is 76.9 Å². The molecular formula is C25H30ClN3. The van der Waals surface area contributed by atoms with Gasteiger partial charge in [0.05, 0.1) is 5.52 Å². The molecule has 0 saturated heterocycles. The number of nitrogens with two attached hydrogens (primary N) is 1. The molecule has 0 bridgehead atoms. The fourth-order valence-corrected chi connectivity index (χ4v) is 4.71. The van der Waals surface area contributed by atoms with Crippen LogP contribution in [0.1, 0.15) is 36.8 Å². The number of benzene rings is 2. The minimum absolute atomic E-state index is 0.722. The molecule has 2 N–H and O–H groups in total. The van der Waals surface area contributed by atoms with Crippen molar-refractivity contribution in [2.24, 2.45) is 17.6 Å². The van der Waals surface area contributed by atoms with Crippen LogP contribution in [0.4, 0.5) is 0 Å². The molecule has 0 aliphatic heterocycles. The minimum Gasteiger partial charge on any atom is -0.330 e. The first-order valence-corrected chi connectivity index (χ1v) is 11.1. The fourth-order valence-electron chi connectivity index (χ4n) is 4.58. The van der Waals surface area contributed by atoms with Gasteiger partial charge in [0.15, 0.2) is 0 Å². The molecule has 4 heteroatoms. The van der Waals surface area contributed by atoms with Crippen molar-refractivity contribution in [3.8, 4) is 0 Å². The van der Waals surface area contributed by atoms with E-state index in [-0.39, 0.29) is 0 Å². The second-order valence-corrected chi connectivity index (χ2v) is 8.84. The molecule has 1 aliphatic carbocycles. The van der Waals surface area contributed by atoms with Gasteiger partial charge in [0.25, 0.3) is 0 Å². The van der Waals surface area contributed by atoms with Gasteiger partial charge in [-0.25, -0.2) is 0 Å². The highest BCUT2D eigenvalue weighted by molar-refractivity contribution is 6.30. The number of fused-ring (bicyclic) bond motifs is 1. The molecule has 29 heavy (non-hydrogen) atoms. The van der Waals surface area contributed by atoms with E-state index in [2.05, 4.69) is 52.3 Å². The van der Waals surface area contributed by atoms with Crippen LogP contribution in [0, 0.1) is 11.8 Å². The zero-order valence-electron chi connectivity index (χ0n) is 16.9. The van der Waals surface area contributed by atoms with E-state index in [1.54, 1.807) is 0 Å². The van der Waals surface area contributed by atoms with Gasteiger partial charge in [-0.15, -0.1) is 0 Å². The number of para-hydroxylation sites is 1. The molecule has 1 saturated carbocycles. The summed E-state index contributed by atoms with van der Waals surface area (Å²) in [6.07, 6.45) is 7.05. The lowest BCUT2D eigenvalue weighted by Crippen LogP contribution is -2.32. The summed E-state index contributed by atoms with van der Waals surface area (Å²) in [7, 11) is 0. The van der Waals surface area contributed by atoms with E-state index in [0.717, 1.165) is 48.6 Å². The van der Waals surface area contributed by atoms with Crippen LogP contribution in [-0.2, 0) is 13.1 Å². The number of hydrogen-bond donors (Lipinski definition) is 1. The molecule has 0 unspecified atom stereocenters. The molecule has 3 aromatic rings. The lowest BCUT2D eigenvalue weighted by molar-refractivity contribution is 0.170. The summed E-state index contributed by atoms with van der Waals surface area (Å²) in [5.41, 5.74) is 9.62. The first-order chi connectivity index (χ1) is 14.2. The predicted octanol–water partition coefficient (Wildman–Crippen LogP) is 5.66. The maximum absolute atomic E-state index is 6.10. The van der Waals surface area contributed by atoms with Crippen LogP contribution in [0.3, 0.4) is 0 Å². The lowest BCUT2D eigenvalue weighted by Gasteiger charge is -2.32. The summed E-state index contributed by atoms with van der Waals surface area (Å²) in [6.45, 7) is 3.83. The Labute approximate surface area is 178 Å². The van der Waals surface area contributed by atoms with Gasteiger partial charge < -0.3 is 5.73 Å². The Morgan fingerprint density at radius 3 is 2.38 bits per heavy atom. The summed E-state index contributed by atoms with van der Waals surface area (Å²) < 4.78 is 0. The Hall–Kier alpha value is -1.94. The molecule has 4 rings (SSSR count). The standard InChI is InChI=1S/C25H30ClN3/c26-23-11-9-21(10-12-23)17-29(16-20-7-5-19(15-27)6-8-20)18-22-13-14-28-25-4-2-1-3-24(22)25/h1-4,9-14,19-20H,5-8,15-18,27H2. The van der Waals surface area contributed by atoms with Crippen LogP contribution < -0.4 is 5.73 Å². The molecular weight excluding hydrogens is 378 g/mol. The number of hydrogen-bond acceptors (Lipinski definition) is 3. The topological polar surface area (TPSA) is 42.1 Å². The van der Waals surface area contributed by atoms with Crippen molar-refractivity contribution in [2.75, 3.05) is 13.1 Å². The monoisotopic (exact) mass is 407 g/mol. The van der Waals surface area contributed by atoms with Gasteiger partial charge in [-0.1, -0.05) is 41.9 Å². The molecule has 1 aliphatic rings. The van der Waals surface area contributed by atoms with E-state index in [9.17, 15) is 0 Å². The third-order valence-electron chi connectivity index (χ3n) is 6.27. The fraction of sp³-hybridized carbons (Fsp3) is 0.400. The van der Waals surface area contributed by atoms with Crippen LogP contribution in [0.15, 0.2) is 60.8 Å². The van der Waals surface area contributed by atoms with Crippen molar-refractivity contribution >= 4 is 22.5 Å². The van der Waals surface area contributed by atoms with Crippen molar-refractivity contribution < 1.29 is 0 Å². The van der Waals surface area contributed by atoms with Crippen LogP contribution >= 0.6 is 11.6 Å². The lowest BCUT2D eigenvalue weighted by atomic mass is 9.82. The van der Waals surface area contributed by atoms with Gasteiger partial charge in [-0.3, -0.25) is 9.88 Å². The Kier molecular flexibility index (Phi) is 6.81. The van der Waals surface area contributed by atoms with Gasteiger partial charge in [0, 0.05) is 36.2 Å². The van der Waals surface area contributed by atoms with Gasteiger partial charge in [-0.2, -0.15) is 0 Å². The van der Waals surface area contributed by atoms with Crippen LogP contribution in [0.5, 0.6) is 0 Å². The highest BCUT2D eigenvalue weighted by Gasteiger charge is 2.22. The van der Waals surface area contributed by atoms with Crippen LogP contribution in [-0.4, -0.2) is 23.0 Å². The zero-order valence-corrected chi connectivity index (χ0v) is 17.7. The average Bonchev–Trinajstić information content (AvgIpc) is 2.76. The summed E-state index contributed by atoms with van der Waals surface area (Å²) in [6, 6.07) is 18.9. The van der Waals surface area contributed by atoms with E-state index in [1.165, 1.54) is 42.2 Å². The second kappa shape index (κ2) is 9.71. The van der Waals surface area contributed by atoms with E-state index in [4.69, 9.17) is 17.3 Å². The zero-order chi connectivity index (χ0) is 20.1. The normalized spacial score (nSPS) is 19.7. The Morgan fingerprint density at radius 1 is 0.897 bits per heavy atom. The van der Waals surface area contributed by atoms with Crippen LogP contribution in [0.25, 0.3) is 10.9 Å². The first kappa shape index (κ1) is 20.3. The maximum atomic E-state index is 6.10. The molecule has 0 amide bonds. The third kappa shape index (κ3) is 5.36. The molecule has 0 radical (unpaired) electrons. The van der Waals surface area contributed by atoms with Crippen molar-refractivity contribution in [3.63, 3.8) is 0 Å². The number of aromatic nitrogens is 1. The van der Waals surface area contributed by atoms with Gasteiger partial charge >= 0.3 is 0 Å². The summed E-state index contributed by atoms with van der Waals surface area (Å²) >= 11 is 6.10. The second-order valence-electron chi connectivity index (χ2n) is 8.41.